The average molecular weight is 213 g/mol. The van der Waals surface area contributed by atoms with Crippen molar-refractivity contribution in [3.8, 4) is 6.07 Å². The van der Waals surface area contributed by atoms with Crippen LogP contribution in [0.5, 0.6) is 0 Å². The van der Waals surface area contributed by atoms with Crippen LogP contribution in [0.2, 0.25) is 0 Å². The van der Waals surface area contributed by atoms with Crippen molar-refractivity contribution in [3.05, 3.63) is 41.1 Å². The number of para-hydroxylation sites is 1. The van der Waals surface area contributed by atoms with Gasteiger partial charge in [-0.15, -0.1) is 0 Å². The first-order valence-corrected chi connectivity index (χ1v) is 5.00. The molecule has 4 nitrogen and oxygen atoms in total. The highest BCUT2D eigenvalue weighted by Gasteiger charge is 2.17. The van der Waals surface area contributed by atoms with E-state index in [1.54, 1.807) is 0 Å². The Labute approximate surface area is 93.4 Å². The summed E-state index contributed by atoms with van der Waals surface area (Å²) in [6.45, 7) is 0. The van der Waals surface area contributed by atoms with Crippen molar-refractivity contribution in [2.45, 2.75) is 12.8 Å². The molecule has 0 aliphatic carbocycles. The highest BCUT2D eigenvalue weighted by Crippen LogP contribution is 2.27. The summed E-state index contributed by atoms with van der Waals surface area (Å²) in [6, 6.07) is 9.66. The largest absolute Gasteiger partial charge is 0.365 e. The van der Waals surface area contributed by atoms with Gasteiger partial charge >= 0.3 is 0 Å². The van der Waals surface area contributed by atoms with Crippen molar-refractivity contribution in [3.63, 3.8) is 0 Å². The van der Waals surface area contributed by atoms with Crippen LogP contribution in [-0.4, -0.2) is 5.91 Å². The van der Waals surface area contributed by atoms with Crippen LogP contribution in [0.25, 0.3) is 0 Å². The monoisotopic (exact) mass is 213 g/mol. The minimum Gasteiger partial charge on any atom is -0.365 e. The molecule has 16 heavy (non-hydrogen) atoms. The third-order valence-electron chi connectivity index (χ3n) is 2.61. The second-order valence-corrected chi connectivity index (χ2v) is 3.61. The molecule has 1 aliphatic rings. The van der Waals surface area contributed by atoms with Gasteiger partial charge in [-0.1, -0.05) is 18.2 Å². The lowest BCUT2D eigenvalue weighted by atomic mass is 9.99. The number of nitriles is 1. The highest BCUT2D eigenvalue weighted by atomic mass is 16.1. The van der Waals surface area contributed by atoms with Crippen LogP contribution >= 0.6 is 0 Å². The lowest BCUT2D eigenvalue weighted by Crippen LogP contribution is -2.20. The Bertz CT molecular complexity index is 511. The number of aryl methyl sites for hydroxylation is 1. The third kappa shape index (κ3) is 1.75. The molecule has 4 heteroatoms. The molecule has 1 aliphatic heterocycles. The van der Waals surface area contributed by atoms with E-state index in [9.17, 15) is 4.79 Å². The number of amides is 1. The first kappa shape index (κ1) is 10.2. The fraction of sp³-hybridized carbons (Fsp3) is 0.167. The second kappa shape index (κ2) is 4.07. The molecule has 3 N–H and O–H groups in total. The molecule has 0 saturated carbocycles. The third-order valence-corrected chi connectivity index (χ3v) is 2.61. The fourth-order valence-electron chi connectivity index (χ4n) is 1.80. The Morgan fingerprint density at radius 1 is 1.38 bits per heavy atom. The van der Waals surface area contributed by atoms with E-state index in [4.69, 9.17) is 11.0 Å². The standard InChI is InChI=1S/C12H11N3O/c13-7-9(12(14)16)11-6-5-8-3-1-2-4-10(8)15-11/h1-4,15H,5-6H2,(H2,14,16). The number of hydrogen-bond donors (Lipinski definition) is 2. The number of carbonyl (C=O) groups is 1. The van der Waals surface area contributed by atoms with Gasteiger partial charge in [-0.2, -0.15) is 5.26 Å². The van der Waals surface area contributed by atoms with Crippen molar-refractivity contribution in [1.29, 1.82) is 5.26 Å². The molecular formula is C12H11N3O. The number of carbonyl (C=O) groups excluding carboxylic acids is 1. The molecule has 1 heterocycles. The molecule has 0 spiro atoms. The summed E-state index contributed by atoms with van der Waals surface area (Å²) >= 11 is 0. The van der Waals surface area contributed by atoms with E-state index in [1.165, 1.54) is 5.56 Å². The van der Waals surface area contributed by atoms with Crippen LogP contribution in [0.4, 0.5) is 5.69 Å². The minimum absolute atomic E-state index is 0.0227. The molecule has 0 radical (unpaired) electrons. The molecule has 0 bridgehead atoms. The van der Waals surface area contributed by atoms with Crippen LogP contribution in [-0.2, 0) is 11.2 Å². The van der Waals surface area contributed by atoms with Gasteiger partial charge in [-0.3, -0.25) is 4.79 Å². The number of allylic oxidation sites excluding steroid dienone is 1. The molecule has 0 unspecified atom stereocenters. The first-order valence-electron chi connectivity index (χ1n) is 5.00. The smallest absolute Gasteiger partial charge is 0.261 e. The van der Waals surface area contributed by atoms with Gasteiger partial charge in [0.05, 0.1) is 0 Å². The molecule has 1 amide bonds. The van der Waals surface area contributed by atoms with Crippen molar-refractivity contribution in [2.24, 2.45) is 5.73 Å². The molecule has 2 rings (SSSR count). The van der Waals surface area contributed by atoms with Gasteiger partial charge in [0.1, 0.15) is 11.6 Å². The van der Waals surface area contributed by atoms with Crippen molar-refractivity contribution in [2.75, 3.05) is 5.32 Å². The zero-order valence-electron chi connectivity index (χ0n) is 8.66. The summed E-state index contributed by atoms with van der Waals surface area (Å²) in [5.74, 6) is -0.676. The SMILES string of the molecule is N#CC(C(N)=O)=C1CCc2ccccc2N1. The van der Waals surface area contributed by atoms with Gasteiger partial charge < -0.3 is 11.1 Å². The summed E-state index contributed by atoms with van der Waals surface area (Å²) in [5.41, 5.74) is 7.91. The van der Waals surface area contributed by atoms with E-state index in [0.717, 1.165) is 12.1 Å². The van der Waals surface area contributed by atoms with Gasteiger partial charge in [0.15, 0.2) is 0 Å². The normalized spacial score (nSPS) is 16.7. The van der Waals surface area contributed by atoms with E-state index < -0.39 is 5.91 Å². The summed E-state index contributed by atoms with van der Waals surface area (Å²) in [7, 11) is 0. The number of rotatable bonds is 1. The van der Waals surface area contributed by atoms with Crippen LogP contribution in [0.15, 0.2) is 35.5 Å². The molecule has 0 aromatic heterocycles. The van der Waals surface area contributed by atoms with Crippen molar-refractivity contribution >= 4 is 11.6 Å². The first-order chi connectivity index (χ1) is 7.72. The maximum Gasteiger partial charge on any atom is 0.261 e. The van der Waals surface area contributed by atoms with Gasteiger partial charge in [0.2, 0.25) is 0 Å². The van der Waals surface area contributed by atoms with Crippen molar-refractivity contribution in [1.82, 2.24) is 0 Å². The number of primary amides is 1. The van der Waals surface area contributed by atoms with E-state index >= 15 is 0 Å². The van der Waals surface area contributed by atoms with Gasteiger partial charge in [0.25, 0.3) is 5.91 Å². The molecule has 0 saturated heterocycles. The summed E-state index contributed by atoms with van der Waals surface area (Å²) < 4.78 is 0. The van der Waals surface area contributed by atoms with E-state index in [-0.39, 0.29) is 5.57 Å². The predicted molar refractivity (Wildman–Crippen MR) is 60.2 cm³/mol. The zero-order chi connectivity index (χ0) is 11.5. The summed E-state index contributed by atoms with van der Waals surface area (Å²) in [4.78, 5) is 11.0. The van der Waals surface area contributed by atoms with Gasteiger partial charge in [-0.25, -0.2) is 0 Å². The Kier molecular flexibility index (Phi) is 2.61. The zero-order valence-corrected chi connectivity index (χ0v) is 8.66. The molecule has 0 atom stereocenters. The number of fused-ring (bicyclic) bond motifs is 1. The maximum atomic E-state index is 11.0. The summed E-state index contributed by atoms with van der Waals surface area (Å²) in [6.07, 6.45) is 1.46. The summed E-state index contributed by atoms with van der Waals surface area (Å²) in [5, 5.41) is 11.9. The second-order valence-electron chi connectivity index (χ2n) is 3.61. The van der Waals surface area contributed by atoms with Crippen LogP contribution in [0.1, 0.15) is 12.0 Å². The molecule has 0 fully saturated rings. The number of benzene rings is 1. The number of anilines is 1. The number of nitrogens with one attached hydrogen (secondary N) is 1. The molecule has 1 aromatic rings. The lowest BCUT2D eigenvalue weighted by molar-refractivity contribution is -0.114. The number of nitrogens with two attached hydrogens (primary N) is 1. The Morgan fingerprint density at radius 3 is 2.81 bits per heavy atom. The quantitative estimate of drug-likeness (QED) is 0.545. The van der Waals surface area contributed by atoms with E-state index in [2.05, 4.69) is 5.32 Å². The highest BCUT2D eigenvalue weighted by molar-refractivity contribution is 5.97. The lowest BCUT2D eigenvalue weighted by Gasteiger charge is -2.21. The molecule has 80 valence electrons. The maximum absolute atomic E-state index is 11.0. The number of nitrogens with zero attached hydrogens (tertiary/aromatic N) is 1. The van der Waals surface area contributed by atoms with E-state index in [1.807, 2.05) is 30.3 Å². The minimum atomic E-state index is -0.676. The number of hydrogen-bond acceptors (Lipinski definition) is 3. The van der Waals surface area contributed by atoms with Gasteiger partial charge in [-0.05, 0) is 24.5 Å². The topological polar surface area (TPSA) is 78.9 Å². The average Bonchev–Trinajstić information content (AvgIpc) is 2.29. The van der Waals surface area contributed by atoms with Crippen LogP contribution in [0, 0.1) is 11.3 Å². The van der Waals surface area contributed by atoms with Gasteiger partial charge in [0, 0.05) is 11.4 Å². The molecule has 1 aromatic carbocycles. The predicted octanol–water partition coefficient (Wildman–Crippen LogP) is 1.31. The Balaban J connectivity index is 2.39. The van der Waals surface area contributed by atoms with Crippen LogP contribution < -0.4 is 11.1 Å². The Morgan fingerprint density at radius 2 is 2.12 bits per heavy atom. The fourth-order valence-corrected chi connectivity index (χ4v) is 1.80. The van der Waals surface area contributed by atoms with E-state index in [0.29, 0.717) is 12.1 Å². The molecular weight excluding hydrogens is 202 g/mol. The Hall–Kier alpha value is -2.28. The van der Waals surface area contributed by atoms with Crippen molar-refractivity contribution < 1.29 is 4.79 Å². The van der Waals surface area contributed by atoms with Crippen LogP contribution in [0.3, 0.4) is 0 Å².